The minimum Gasteiger partial charge on any atom is -0.372 e. The molecule has 0 unspecified atom stereocenters. The number of hydrogen-bond donors (Lipinski definition) is 2. The van der Waals surface area contributed by atoms with Gasteiger partial charge in [-0.15, -0.1) is 0 Å². The van der Waals surface area contributed by atoms with Crippen LogP contribution in [0.25, 0.3) is 0 Å². The van der Waals surface area contributed by atoms with Gasteiger partial charge in [0, 0.05) is 30.7 Å². The normalized spacial score (nSPS) is 10.4. The molecule has 3 rings (SSSR count). The van der Waals surface area contributed by atoms with E-state index >= 15 is 0 Å². The predicted molar refractivity (Wildman–Crippen MR) is 110 cm³/mol. The van der Waals surface area contributed by atoms with Crippen LogP contribution in [0.2, 0.25) is 0 Å². The van der Waals surface area contributed by atoms with Crippen LogP contribution in [0, 0.1) is 5.82 Å². The van der Waals surface area contributed by atoms with E-state index in [0.717, 1.165) is 24.5 Å². The number of nitrogens with zero attached hydrogens (tertiary/aromatic N) is 3. The van der Waals surface area contributed by atoms with Crippen molar-refractivity contribution in [2.75, 3.05) is 28.6 Å². The van der Waals surface area contributed by atoms with Crippen LogP contribution in [0.4, 0.5) is 27.4 Å². The highest BCUT2D eigenvalue weighted by atomic mass is 19.1. The van der Waals surface area contributed by atoms with Gasteiger partial charge in [0.05, 0.1) is 5.69 Å². The number of carbonyl (C=O) groups excluding carboxylic acids is 1. The lowest BCUT2D eigenvalue weighted by Crippen LogP contribution is -2.21. The molecule has 0 fully saturated rings. The fourth-order valence-corrected chi connectivity index (χ4v) is 2.77. The molecule has 2 N–H and O–H groups in total. The Labute approximate surface area is 163 Å². The molecule has 0 aliphatic heterocycles. The lowest BCUT2D eigenvalue weighted by molar-refractivity contribution is 0.102. The average Bonchev–Trinajstić information content (AvgIpc) is 2.72. The number of amides is 1. The summed E-state index contributed by atoms with van der Waals surface area (Å²) in [5, 5.41) is 5.59. The van der Waals surface area contributed by atoms with Crippen LogP contribution in [-0.4, -0.2) is 29.0 Å². The molecule has 0 bridgehead atoms. The molecular weight excluding hydrogens is 357 g/mol. The van der Waals surface area contributed by atoms with Crippen molar-refractivity contribution in [3.63, 3.8) is 0 Å². The number of anilines is 4. The zero-order valence-corrected chi connectivity index (χ0v) is 15.8. The van der Waals surface area contributed by atoms with Crippen LogP contribution in [0.5, 0.6) is 0 Å². The fourth-order valence-electron chi connectivity index (χ4n) is 2.77. The summed E-state index contributed by atoms with van der Waals surface area (Å²) in [6.07, 6.45) is 1.48. The third-order valence-corrected chi connectivity index (χ3v) is 4.26. The lowest BCUT2D eigenvalue weighted by atomic mass is 10.2. The zero-order chi connectivity index (χ0) is 19.9. The first-order valence-corrected chi connectivity index (χ1v) is 9.11. The van der Waals surface area contributed by atoms with E-state index in [1.807, 2.05) is 24.3 Å². The molecule has 0 aliphatic carbocycles. The molecule has 1 amide bonds. The summed E-state index contributed by atoms with van der Waals surface area (Å²) in [6.45, 7) is 6.10. The molecule has 7 heteroatoms. The molecular formula is C21H22FN5O. The molecule has 0 radical (unpaired) electrons. The molecule has 144 valence electrons. The third-order valence-electron chi connectivity index (χ3n) is 4.26. The van der Waals surface area contributed by atoms with Gasteiger partial charge in [-0.1, -0.05) is 12.1 Å². The van der Waals surface area contributed by atoms with Gasteiger partial charge >= 0.3 is 0 Å². The van der Waals surface area contributed by atoms with Crippen molar-refractivity contribution in [3.05, 3.63) is 72.3 Å². The maximum Gasteiger partial charge on any atom is 0.274 e. The van der Waals surface area contributed by atoms with Crippen LogP contribution < -0.4 is 15.5 Å². The number of halogens is 1. The van der Waals surface area contributed by atoms with E-state index in [0.29, 0.717) is 0 Å². The van der Waals surface area contributed by atoms with Crippen molar-refractivity contribution in [2.24, 2.45) is 0 Å². The lowest BCUT2D eigenvalue weighted by Gasteiger charge is -2.21. The molecule has 2 aromatic carbocycles. The van der Waals surface area contributed by atoms with E-state index in [-0.39, 0.29) is 17.3 Å². The Balaban J connectivity index is 1.71. The van der Waals surface area contributed by atoms with Crippen molar-refractivity contribution < 1.29 is 9.18 Å². The molecule has 28 heavy (non-hydrogen) atoms. The minimum atomic E-state index is -0.507. The van der Waals surface area contributed by atoms with Gasteiger partial charge < -0.3 is 15.5 Å². The van der Waals surface area contributed by atoms with E-state index in [4.69, 9.17) is 0 Å². The number of nitrogens with one attached hydrogen (secondary N) is 2. The average molecular weight is 379 g/mol. The first-order chi connectivity index (χ1) is 13.6. The Morgan fingerprint density at radius 2 is 1.75 bits per heavy atom. The maximum atomic E-state index is 13.7. The van der Waals surface area contributed by atoms with Gasteiger partial charge in [-0.05, 0) is 56.3 Å². The van der Waals surface area contributed by atoms with Gasteiger partial charge in [0.2, 0.25) is 5.95 Å². The topological polar surface area (TPSA) is 70.2 Å². The molecule has 0 aliphatic rings. The number of aromatic nitrogens is 2. The van der Waals surface area contributed by atoms with Crippen LogP contribution in [0.3, 0.4) is 0 Å². The first kappa shape index (κ1) is 19.3. The monoisotopic (exact) mass is 379 g/mol. The van der Waals surface area contributed by atoms with Crippen molar-refractivity contribution in [1.82, 2.24) is 9.97 Å². The summed E-state index contributed by atoms with van der Waals surface area (Å²) >= 11 is 0. The van der Waals surface area contributed by atoms with Crippen molar-refractivity contribution in [2.45, 2.75) is 13.8 Å². The second-order valence-corrected chi connectivity index (χ2v) is 6.04. The summed E-state index contributed by atoms with van der Waals surface area (Å²) in [5.74, 6) is -0.722. The third kappa shape index (κ3) is 4.62. The standard InChI is InChI=1S/C21H22FN5O/c1-3-27(4-2)16-11-9-15(10-12-16)24-21-23-14-13-19(26-21)20(28)25-18-8-6-5-7-17(18)22/h5-14H,3-4H2,1-2H3,(H,25,28)(H,23,24,26). The van der Waals surface area contributed by atoms with Gasteiger partial charge in [0.25, 0.3) is 5.91 Å². The highest BCUT2D eigenvalue weighted by Crippen LogP contribution is 2.20. The summed E-state index contributed by atoms with van der Waals surface area (Å²) < 4.78 is 13.7. The summed E-state index contributed by atoms with van der Waals surface area (Å²) in [4.78, 5) is 23.0. The molecule has 0 atom stereocenters. The van der Waals surface area contributed by atoms with Gasteiger partial charge in [-0.3, -0.25) is 4.79 Å². The van der Waals surface area contributed by atoms with E-state index < -0.39 is 11.7 Å². The van der Waals surface area contributed by atoms with Crippen molar-refractivity contribution >= 4 is 28.9 Å². The highest BCUT2D eigenvalue weighted by molar-refractivity contribution is 6.03. The van der Waals surface area contributed by atoms with E-state index in [9.17, 15) is 9.18 Å². The summed E-state index contributed by atoms with van der Waals surface area (Å²) in [5.41, 5.74) is 2.19. The van der Waals surface area contributed by atoms with Crippen LogP contribution >= 0.6 is 0 Å². The minimum absolute atomic E-state index is 0.104. The van der Waals surface area contributed by atoms with Crippen molar-refractivity contribution in [3.8, 4) is 0 Å². The Morgan fingerprint density at radius 3 is 2.43 bits per heavy atom. The first-order valence-electron chi connectivity index (χ1n) is 9.11. The highest BCUT2D eigenvalue weighted by Gasteiger charge is 2.11. The van der Waals surface area contributed by atoms with E-state index in [1.165, 1.54) is 24.4 Å². The van der Waals surface area contributed by atoms with Gasteiger partial charge in [0.15, 0.2) is 0 Å². The second kappa shape index (κ2) is 8.94. The molecule has 0 saturated carbocycles. The van der Waals surface area contributed by atoms with Crippen LogP contribution in [0.15, 0.2) is 60.8 Å². The molecule has 0 saturated heterocycles. The molecule has 1 aromatic heterocycles. The quantitative estimate of drug-likeness (QED) is 0.634. The molecule has 6 nitrogen and oxygen atoms in total. The molecule has 1 heterocycles. The van der Waals surface area contributed by atoms with E-state index in [1.54, 1.807) is 12.1 Å². The zero-order valence-electron chi connectivity index (χ0n) is 15.8. The Bertz CT molecular complexity index is 942. The number of rotatable bonds is 7. The number of carbonyl (C=O) groups is 1. The fraction of sp³-hybridized carbons (Fsp3) is 0.190. The Hall–Kier alpha value is -3.48. The maximum absolute atomic E-state index is 13.7. The second-order valence-electron chi connectivity index (χ2n) is 6.04. The van der Waals surface area contributed by atoms with E-state index in [2.05, 4.69) is 39.3 Å². The van der Waals surface area contributed by atoms with Crippen LogP contribution in [-0.2, 0) is 0 Å². The summed E-state index contributed by atoms with van der Waals surface area (Å²) in [6, 6.07) is 15.4. The SMILES string of the molecule is CCN(CC)c1ccc(Nc2nccc(C(=O)Nc3ccccc3F)n2)cc1. The number of para-hydroxylation sites is 1. The van der Waals surface area contributed by atoms with Crippen LogP contribution in [0.1, 0.15) is 24.3 Å². The summed E-state index contributed by atoms with van der Waals surface area (Å²) in [7, 11) is 0. The Kier molecular flexibility index (Phi) is 6.16. The largest absolute Gasteiger partial charge is 0.372 e. The number of hydrogen-bond acceptors (Lipinski definition) is 5. The molecule has 0 spiro atoms. The smallest absolute Gasteiger partial charge is 0.274 e. The Morgan fingerprint density at radius 1 is 1.04 bits per heavy atom. The van der Waals surface area contributed by atoms with Gasteiger partial charge in [-0.25, -0.2) is 14.4 Å². The number of benzene rings is 2. The van der Waals surface area contributed by atoms with Gasteiger partial charge in [0.1, 0.15) is 11.5 Å². The predicted octanol–water partition coefficient (Wildman–Crippen LogP) is 4.46. The van der Waals surface area contributed by atoms with Crippen molar-refractivity contribution in [1.29, 1.82) is 0 Å². The molecule has 3 aromatic rings. The van der Waals surface area contributed by atoms with Gasteiger partial charge in [-0.2, -0.15) is 0 Å².